The SMILES string of the molecule is [B]c1ccc(OCc2cn(C3CCCC3)nn2)cc1F. The molecule has 0 N–H and O–H groups in total. The Bertz CT molecular complexity index is 596. The molecular weight excluding hydrogens is 256 g/mol. The standard InChI is InChI=1S/C14H15BFN3O/c15-13-6-5-12(7-14(13)16)20-9-10-8-19(18-17-10)11-3-1-2-4-11/h5-8,11H,1-4,9H2. The second-order valence-electron chi connectivity index (χ2n) is 5.10. The summed E-state index contributed by atoms with van der Waals surface area (Å²) in [5.74, 6) is -0.0378. The summed E-state index contributed by atoms with van der Waals surface area (Å²) in [6.07, 6.45) is 6.73. The Kier molecular flexibility index (Phi) is 3.71. The molecule has 6 heteroatoms. The minimum absolute atomic E-state index is 0.115. The van der Waals surface area contributed by atoms with Crippen molar-refractivity contribution >= 4 is 13.3 Å². The van der Waals surface area contributed by atoms with Crippen molar-refractivity contribution in [1.29, 1.82) is 0 Å². The lowest BCUT2D eigenvalue weighted by atomic mass is 9.96. The summed E-state index contributed by atoms with van der Waals surface area (Å²) in [5.41, 5.74) is 0.860. The quantitative estimate of drug-likeness (QED) is 0.797. The molecule has 0 spiro atoms. The molecule has 0 saturated heterocycles. The molecule has 1 fully saturated rings. The van der Waals surface area contributed by atoms with Gasteiger partial charge in [0.1, 0.15) is 31.7 Å². The number of halogens is 1. The zero-order chi connectivity index (χ0) is 13.9. The van der Waals surface area contributed by atoms with Crippen LogP contribution in [0.1, 0.15) is 37.4 Å². The molecule has 20 heavy (non-hydrogen) atoms. The minimum Gasteiger partial charge on any atom is -0.487 e. The Balaban J connectivity index is 1.61. The molecule has 0 unspecified atom stereocenters. The van der Waals surface area contributed by atoms with Gasteiger partial charge in [-0.2, -0.15) is 0 Å². The van der Waals surface area contributed by atoms with Gasteiger partial charge in [-0.3, -0.25) is 0 Å². The second-order valence-corrected chi connectivity index (χ2v) is 5.10. The molecule has 3 rings (SSSR count). The maximum atomic E-state index is 13.3. The van der Waals surface area contributed by atoms with E-state index in [0.29, 0.717) is 11.8 Å². The summed E-state index contributed by atoms with van der Waals surface area (Å²) in [6, 6.07) is 4.86. The zero-order valence-electron chi connectivity index (χ0n) is 11.1. The fraction of sp³-hybridized carbons (Fsp3) is 0.429. The number of benzene rings is 1. The maximum Gasteiger partial charge on any atom is 0.134 e. The van der Waals surface area contributed by atoms with Crippen LogP contribution in [0.4, 0.5) is 4.39 Å². The lowest BCUT2D eigenvalue weighted by Gasteiger charge is -2.07. The van der Waals surface area contributed by atoms with Gasteiger partial charge >= 0.3 is 0 Å². The van der Waals surface area contributed by atoms with Gasteiger partial charge in [0.15, 0.2) is 0 Å². The Labute approximate surface area is 118 Å². The van der Waals surface area contributed by atoms with Crippen LogP contribution in [-0.2, 0) is 6.61 Å². The van der Waals surface area contributed by atoms with E-state index < -0.39 is 5.82 Å². The smallest absolute Gasteiger partial charge is 0.134 e. The first-order valence-corrected chi connectivity index (χ1v) is 6.81. The monoisotopic (exact) mass is 271 g/mol. The minimum atomic E-state index is -0.475. The molecule has 1 heterocycles. The third-order valence-corrected chi connectivity index (χ3v) is 3.62. The molecule has 1 aromatic carbocycles. The highest BCUT2D eigenvalue weighted by molar-refractivity contribution is 6.32. The van der Waals surface area contributed by atoms with E-state index in [1.54, 1.807) is 6.07 Å². The molecule has 4 nitrogen and oxygen atoms in total. The molecule has 0 amide bonds. The number of nitrogens with zero attached hydrogens (tertiary/aromatic N) is 3. The lowest BCUT2D eigenvalue weighted by molar-refractivity contribution is 0.299. The lowest BCUT2D eigenvalue weighted by Crippen LogP contribution is -2.08. The number of rotatable bonds is 4. The predicted molar refractivity (Wildman–Crippen MR) is 73.6 cm³/mol. The van der Waals surface area contributed by atoms with Gasteiger partial charge in [0.25, 0.3) is 0 Å². The third kappa shape index (κ3) is 2.84. The van der Waals surface area contributed by atoms with Gasteiger partial charge in [0.05, 0.1) is 12.2 Å². The van der Waals surface area contributed by atoms with Crippen LogP contribution in [0.5, 0.6) is 5.75 Å². The predicted octanol–water partition coefficient (Wildman–Crippen LogP) is 1.91. The average Bonchev–Trinajstić information content (AvgIpc) is 3.09. The third-order valence-electron chi connectivity index (χ3n) is 3.62. The van der Waals surface area contributed by atoms with Gasteiger partial charge in [0, 0.05) is 6.07 Å². The van der Waals surface area contributed by atoms with Crippen LogP contribution in [0.3, 0.4) is 0 Å². The molecule has 2 radical (unpaired) electrons. The number of aromatic nitrogens is 3. The fourth-order valence-corrected chi connectivity index (χ4v) is 2.48. The van der Waals surface area contributed by atoms with Crippen molar-refractivity contribution in [1.82, 2.24) is 15.0 Å². The largest absolute Gasteiger partial charge is 0.487 e. The molecule has 1 aliphatic carbocycles. The first-order chi connectivity index (χ1) is 9.72. The van der Waals surface area contributed by atoms with Crippen LogP contribution in [0.25, 0.3) is 0 Å². The van der Waals surface area contributed by atoms with Gasteiger partial charge in [-0.05, 0) is 18.9 Å². The summed E-state index contributed by atoms with van der Waals surface area (Å²) >= 11 is 0. The van der Waals surface area contributed by atoms with Crippen LogP contribution >= 0.6 is 0 Å². The van der Waals surface area contributed by atoms with Gasteiger partial charge in [-0.1, -0.05) is 29.6 Å². The van der Waals surface area contributed by atoms with Crippen molar-refractivity contribution < 1.29 is 9.13 Å². The molecular formula is C14H15BFN3O. The van der Waals surface area contributed by atoms with Crippen molar-refractivity contribution in [3.8, 4) is 5.75 Å². The number of hydrogen-bond acceptors (Lipinski definition) is 3. The normalized spacial score (nSPS) is 15.7. The molecule has 102 valence electrons. The number of ether oxygens (including phenoxy) is 1. The van der Waals surface area contributed by atoms with E-state index >= 15 is 0 Å². The Hall–Kier alpha value is -1.85. The summed E-state index contributed by atoms with van der Waals surface area (Å²) in [7, 11) is 5.41. The van der Waals surface area contributed by atoms with Gasteiger partial charge in [-0.15, -0.1) is 5.10 Å². The van der Waals surface area contributed by atoms with E-state index in [2.05, 4.69) is 10.3 Å². The van der Waals surface area contributed by atoms with Crippen LogP contribution in [-0.4, -0.2) is 22.8 Å². The van der Waals surface area contributed by atoms with Crippen molar-refractivity contribution in [3.63, 3.8) is 0 Å². The Morgan fingerprint density at radius 1 is 1.35 bits per heavy atom. The van der Waals surface area contributed by atoms with Gasteiger partial charge < -0.3 is 4.74 Å². The molecule has 1 saturated carbocycles. The van der Waals surface area contributed by atoms with E-state index in [1.165, 1.54) is 25.0 Å². The summed E-state index contributed by atoms with van der Waals surface area (Å²) in [4.78, 5) is 0. The van der Waals surface area contributed by atoms with Crippen LogP contribution < -0.4 is 10.2 Å². The second kappa shape index (κ2) is 5.65. The van der Waals surface area contributed by atoms with Crippen LogP contribution in [0.2, 0.25) is 0 Å². The van der Waals surface area contributed by atoms with Crippen molar-refractivity contribution in [2.45, 2.75) is 38.3 Å². The topological polar surface area (TPSA) is 39.9 Å². The Morgan fingerprint density at radius 2 is 2.15 bits per heavy atom. The van der Waals surface area contributed by atoms with E-state index in [4.69, 9.17) is 12.6 Å². The molecule has 2 aromatic rings. The van der Waals surface area contributed by atoms with Crippen LogP contribution in [0.15, 0.2) is 24.4 Å². The number of hydrogen-bond donors (Lipinski definition) is 0. The van der Waals surface area contributed by atoms with Crippen LogP contribution in [0, 0.1) is 5.82 Å². The van der Waals surface area contributed by atoms with E-state index in [0.717, 1.165) is 18.5 Å². The highest BCUT2D eigenvalue weighted by Gasteiger charge is 2.18. The Morgan fingerprint density at radius 3 is 2.90 bits per heavy atom. The van der Waals surface area contributed by atoms with Crippen molar-refractivity contribution in [2.24, 2.45) is 0 Å². The van der Waals surface area contributed by atoms with Crippen molar-refractivity contribution in [3.05, 3.63) is 35.9 Å². The zero-order valence-corrected chi connectivity index (χ0v) is 11.1. The maximum absolute atomic E-state index is 13.3. The first-order valence-electron chi connectivity index (χ1n) is 6.81. The summed E-state index contributed by atoms with van der Waals surface area (Å²) in [5, 5.41) is 8.22. The molecule has 0 aliphatic heterocycles. The molecule has 0 atom stereocenters. The molecule has 1 aromatic heterocycles. The van der Waals surface area contributed by atoms with Gasteiger partial charge in [-0.25, -0.2) is 9.07 Å². The van der Waals surface area contributed by atoms with E-state index in [9.17, 15) is 4.39 Å². The van der Waals surface area contributed by atoms with Crippen molar-refractivity contribution in [2.75, 3.05) is 0 Å². The summed E-state index contributed by atoms with van der Waals surface area (Å²) in [6.45, 7) is 0.274. The highest BCUT2D eigenvalue weighted by Crippen LogP contribution is 2.28. The van der Waals surface area contributed by atoms with Gasteiger partial charge in [0.2, 0.25) is 0 Å². The fourth-order valence-electron chi connectivity index (χ4n) is 2.48. The first kappa shape index (κ1) is 13.2. The molecule has 1 aliphatic rings. The van der Waals surface area contributed by atoms with E-state index in [-0.39, 0.29) is 12.1 Å². The average molecular weight is 271 g/mol. The van der Waals surface area contributed by atoms with E-state index in [1.807, 2.05) is 10.9 Å². The highest BCUT2D eigenvalue weighted by atomic mass is 19.1. The molecule has 0 bridgehead atoms. The summed E-state index contributed by atoms with van der Waals surface area (Å²) < 4.78 is 20.7.